The highest BCUT2D eigenvalue weighted by Gasteiger charge is 2.36. The molecule has 0 bridgehead atoms. The molecule has 2 rings (SSSR count). The lowest BCUT2D eigenvalue weighted by atomic mass is 10.2. The minimum Gasteiger partial charge on any atom is -0.507 e. The molecule has 0 unspecified atom stereocenters. The standard InChI is InChI=1S/C13H11NO5S/c1-19-11(16)7-14-12(17)10(20-13(14)18)6-8-4-2-3-5-9(8)15/h2-6,15H,7H2,1H3/b10-6-. The molecule has 1 aliphatic heterocycles. The molecule has 1 aromatic rings. The first-order chi connectivity index (χ1) is 9.52. The Morgan fingerprint density at radius 3 is 2.75 bits per heavy atom. The summed E-state index contributed by atoms with van der Waals surface area (Å²) in [5, 5.41) is 9.09. The molecule has 1 fully saturated rings. The van der Waals surface area contributed by atoms with Gasteiger partial charge in [0, 0.05) is 5.56 Å². The second-order valence-corrected chi connectivity index (χ2v) is 4.90. The molecule has 0 atom stereocenters. The van der Waals surface area contributed by atoms with Gasteiger partial charge in [0.25, 0.3) is 11.1 Å². The predicted molar refractivity (Wildman–Crippen MR) is 72.8 cm³/mol. The number of aromatic hydroxyl groups is 1. The van der Waals surface area contributed by atoms with Crippen molar-refractivity contribution in [1.29, 1.82) is 0 Å². The summed E-state index contributed by atoms with van der Waals surface area (Å²) in [6, 6.07) is 6.44. The van der Waals surface area contributed by atoms with Crippen molar-refractivity contribution in [3.8, 4) is 5.75 Å². The molecule has 0 aliphatic carbocycles. The number of phenolic OH excluding ortho intramolecular Hbond substituents is 1. The number of ether oxygens (including phenoxy) is 1. The summed E-state index contributed by atoms with van der Waals surface area (Å²) < 4.78 is 4.43. The average Bonchev–Trinajstić information content (AvgIpc) is 2.69. The van der Waals surface area contributed by atoms with Crippen molar-refractivity contribution in [1.82, 2.24) is 4.90 Å². The maximum atomic E-state index is 12.0. The van der Waals surface area contributed by atoms with E-state index >= 15 is 0 Å². The third-order valence-corrected chi connectivity index (χ3v) is 3.52. The number of carbonyl (C=O) groups is 3. The number of nitrogens with zero attached hydrogens (tertiary/aromatic N) is 1. The van der Waals surface area contributed by atoms with Crippen LogP contribution in [0.4, 0.5) is 4.79 Å². The highest BCUT2D eigenvalue weighted by atomic mass is 32.2. The number of esters is 1. The third-order valence-electron chi connectivity index (χ3n) is 2.61. The lowest BCUT2D eigenvalue weighted by Gasteiger charge is -2.09. The first-order valence-corrected chi connectivity index (χ1v) is 6.44. The van der Waals surface area contributed by atoms with Gasteiger partial charge < -0.3 is 9.84 Å². The fourth-order valence-corrected chi connectivity index (χ4v) is 2.41. The summed E-state index contributed by atoms with van der Waals surface area (Å²) in [6.45, 7) is -0.417. The number of methoxy groups -OCH3 is 1. The zero-order valence-corrected chi connectivity index (χ0v) is 11.3. The number of amides is 2. The second-order valence-electron chi connectivity index (χ2n) is 3.90. The molecule has 2 amide bonds. The number of carbonyl (C=O) groups excluding carboxylic acids is 3. The van der Waals surface area contributed by atoms with Crippen LogP contribution in [0.1, 0.15) is 5.56 Å². The van der Waals surface area contributed by atoms with Crippen LogP contribution in [0.5, 0.6) is 5.75 Å². The van der Waals surface area contributed by atoms with E-state index in [-0.39, 0.29) is 10.7 Å². The molecule has 20 heavy (non-hydrogen) atoms. The molecule has 0 radical (unpaired) electrons. The number of thioether (sulfide) groups is 1. The largest absolute Gasteiger partial charge is 0.507 e. The minimum atomic E-state index is -0.670. The Labute approximate surface area is 119 Å². The number of para-hydroxylation sites is 1. The number of hydrogen-bond donors (Lipinski definition) is 1. The molecule has 0 aromatic heterocycles. The Bertz CT molecular complexity index is 611. The summed E-state index contributed by atoms with van der Waals surface area (Å²) in [6.07, 6.45) is 1.41. The Morgan fingerprint density at radius 2 is 2.10 bits per heavy atom. The molecule has 7 heteroatoms. The van der Waals surface area contributed by atoms with Crippen molar-refractivity contribution in [3.63, 3.8) is 0 Å². The number of benzene rings is 1. The van der Waals surface area contributed by atoms with E-state index in [4.69, 9.17) is 0 Å². The zero-order chi connectivity index (χ0) is 14.7. The number of imide groups is 1. The van der Waals surface area contributed by atoms with E-state index in [0.29, 0.717) is 5.56 Å². The van der Waals surface area contributed by atoms with Crippen LogP contribution >= 0.6 is 11.8 Å². The van der Waals surface area contributed by atoms with Gasteiger partial charge in [0.05, 0.1) is 12.0 Å². The first-order valence-electron chi connectivity index (χ1n) is 5.63. The maximum Gasteiger partial charge on any atom is 0.325 e. The second kappa shape index (κ2) is 5.79. The molecular weight excluding hydrogens is 282 g/mol. The quantitative estimate of drug-likeness (QED) is 0.673. The minimum absolute atomic E-state index is 0.00673. The lowest BCUT2D eigenvalue weighted by Crippen LogP contribution is -2.34. The zero-order valence-electron chi connectivity index (χ0n) is 10.5. The van der Waals surface area contributed by atoms with Crippen LogP contribution in [0.15, 0.2) is 29.2 Å². The number of rotatable bonds is 3. The fraction of sp³-hybridized carbons (Fsp3) is 0.154. The smallest absolute Gasteiger partial charge is 0.325 e. The molecule has 1 aromatic carbocycles. The summed E-state index contributed by atoms with van der Waals surface area (Å²) in [5.74, 6) is -1.24. The van der Waals surface area contributed by atoms with Crippen LogP contribution < -0.4 is 0 Å². The summed E-state index contributed by atoms with van der Waals surface area (Å²) in [4.78, 5) is 35.8. The van der Waals surface area contributed by atoms with Gasteiger partial charge in [-0.1, -0.05) is 18.2 Å². The summed E-state index contributed by atoms with van der Waals surface area (Å²) >= 11 is 0.717. The van der Waals surface area contributed by atoms with Crippen molar-refractivity contribution >= 4 is 35.0 Å². The van der Waals surface area contributed by atoms with Gasteiger partial charge in [-0.15, -0.1) is 0 Å². The van der Waals surface area contributed by atoms with Gasteiger partial charge in [-0.2, -0.15) is 0 Å². The average molecular weight is 293 g/mol. The normalized spacial score (nSPS) is 16.9. The number of hydrogen-bond acceptors (Lipinski definition) is 6. The van der Waals surface area contributed by atoms with Crippen LogP contribution in [-0.4, -0.2) is 40.8 Å². The molecule has 1 heterocycles. The Balaban J connectivity index is 2.24. The van der Waals surface area contributed by atoms with Gasteiger partial charge in [-0.25, -0.2) is 0 Å². The molecule has 1 aliphatic rings. The van der Waals surface area contributed by atoms with E-state index in [2.05, 4.69) is 4.74 Å². The SMILES string of the molecule is COC(=O)CN1C(=O)S/C(=C\c2ccccc2O)C1=O. The number of phenols is 1. The van der Waals surface area contributed by atoms with Gasteiger partial charge in [0.15, 0.2) is 0 Å². The lowest BCUT2D eigenvalue weighted by molar-refractivity contribution is -0.143. The van der Waals surface area contributed by atoms with Crippen LogP contribution in [0.2, 0.25) is 0 Å². The molecule has 6 nitrogen and oxygen atoms in total. The molecular formula is C13H11NO5S. The van der Waals surface area contributed by atoms with Crippen LogP contribution in [0.3, 0.4) is 0 Å². The van der Waals surface area contributed by atoms with Crippen molar-refractivity contribution < 1.29 is 24.2 Å². The molecule has 1 N–H and O–H groups in total. The van der Waals surface area contributed by atoms with Crippen molar-refractivity contribution in [2.24, 2.45) is 0 Å². The predicted octanol–water partition coefficient (Wildman–Crippen LogP) is 1.60. The topological polar surface area (TPSA) is 83.9 Å². The van der Waals surface area contributed by atoms with Crippen molar-refractivity contribution in [3.05, 3.63) is 34.7 Å². The first kappa shape index (κ1) is 14.1. The van der Waals surface area contributed by atoms with E-state index in [1.54, 1.807) is 18.2 Å². The summed E-state index contributed by atoms with van der Waals surface area (Å²) in [7, 11) is 1.18. The van der Waals surface area contributed by atoms with Gasteiger partial charge in [0.2, 0.25) is 0 Å². The van der Waals surface area contributed by atoms with Crippen LogP contribution in [0, 0.1) is 0 Å². The molecule has 1 saturated heterocycles. The van der Waals surface area contributed by atoms with Crippen LogP contribution in [-0.2, 0) is 14.3 Å². The van der Waals surface area contributed by atoms with Crippen molar-refractivity contribution in [2.45, 2.75) is 0 Å². The van der Waals surface area contributed by atoms with Crippen molar-refractivity contribution in [2.75, 3.05) is 13.7 Å². The highest BCUT2D eigenvalue weighted by Crippen LogP contribution is 2.33. The van der Waals surface area contributed by atoms with Crippen LogP contribution in [0.25, 0.3) is 6.08 Å². The Hall–Kier alpha value is -2.28. The van der Waals surface area contributed by atoms with Gasteiger partial charge in [0.1, 0.15) is 12.3 Å². The van der Waals surface area contributed by atoms with Gasteiger partial charge in [-0.3, -0.25) is 19.3 Å². The summed E-state index contributed by atoms with van der Waals surface area (Å²) in [5.41, 5.74) is 0.427. The van der Waals surface area contributed by atoms with E-state index in [0.717, 1.165) is 16.7 Å². The van der Waals surface area contributed by atoms with E-state index in [1.807, 2.05) is 0 Å². The monoisotopic (exact) mass is 293 g/mol. The molecule has 0 spiro atoms. The maximum absolute atomic E-state index is 12.0. The highest BCUT2D eigenvalue weighted by molar-refractivity contribution is 8.18. The van der Waals surface area contributed by atoms with Gasteiger partial charge >= 0.3 is 5.97 Å². The Morgan fingerprint density at radius 1 is 1.40 bits per heavy atom. The van der Waals surface area contributed by atoms with Gasteiger partial charge in [-0.05, 0) is 23.9 Å². The van der Waals surface area contributed by atoms with E-state index in [1.165, 1.54) is 19.3 Å². The molecule has 104 valence electrons. The fourth-order valence-electron chi connectivity index (χ4n) is 1.58. The third kappa shape index (κ3) is 2.83. The van der Waals surface area contributed by atoms with E-state index < -0.39 is 23.7 Å². The molecule has 0 saturated carbocycles. The van der Waals surface area contributed by atoms with E-state index in [9.17, 15) is 19.5 Å². The Kier molecular flexibility index (Phi) is 4.09.